The van der Waals surface area contributed by atoms with E-state index in [0.29, 0.717) is 52.4 Å². The van der Waals surface area contributed by atoms with E-state index in [1.54, 1.807) is 12.2 Å². The van der Waals surface area contributed by atoms with Crippen molar-refractivity contribution in [2.24, 2.45) is 0 Å². The number of aromatic nitrogens is 6. The molecule has 0 spiro atoms. The largest absolute Gasteiger partial charge is 0.485 e. The molecule has 0 saturated heterocycles. The maximum absolute atomic E-state index is 5.95. The molecule has 0 radical (unpaired) electrons. The van der Waals surface area contributed by atoms with E-state index in [1.165, 1.54) is 28.0 Å². The highest BCUT2D eigenvalue weighted by Crippen LogP contribution is 2.37. The molecular formula is C29H44N6O4S2. The van der Waals surface area contributed by atoms with Gasteiger partial charge < -0.3 is 18.9 Å². The smallest absolute Gasteiger partial charge is 0.219 e. The lowest BCUT2D eigenvalue weighted by atomic mass is 10.2. The monoisotopic (exact) mass is 604 g/mol. The van der Waals surface area contributed by atoms with Gasteiger partial charge in [0, 0.05) is 0 Å². The minimum Gasteiger partial charge on any atom is -0.485 e. The van der Waals surface area contributed by atoms with Crippen molar-refractivity contribution in [1.29, 1.82) is 0 Å². The van der Waals surface area contributed by atoms with Gasteiger partial charge in [-0.2, -0.15) is 0 Å². The molecule has 2 aliphatic rings. The molecule has 0 fully saturated rings. The number of fused-ring (bicyclic) bond motifs is 1. The van der Waals surface area contributed by atoms with Crippen LogP contribution in [0.15, 0.2) is 71.4 Å². The Morgan fingerprint density at radius 3 is 1.73 bits per heavy atom. The Labute approximate surface area is 252 Å². The molecule has 10 nitrogen and oxygen atoms in total. The number of rotatable bonds is 7. The lowest BCUT2D eigenvalue weighted by Gasteiger charge is -2.24. The van der Waals surface area contributed by atoms with Crippen molar-refractivity contribution in [3.05, 3.63) is 72.7 Å². The second-order valence-electron chi connectivity index (χ2n) is 7.30. The van der Waals surface area contributed by atoms with Crippen molar-refractivity contribution in [2.45, 2.75) is 84.3 Å². The van der Waals surface area contributed by atoms with Gasteiger partial charge in [0.25, 0.3) is 0 Å². The van der Waals surface area contributed by atoms with Gasteiger partial charge in [0.1, 0.15) is 13.2 Å². The summed E-state index contributed by atoms with van der Waals surface area (Å²) in [6, 6.07) is 7.52. The number of benzene rings is 1. The van der Waals surface area contributed by atoms with Crippen LogP contribution in [0.4, 0.5) is 0 Å². The fourth-order valence-electron chi connectivity index (χ4n) is 3.03. The van der Waals surface area contributed by atoms with Crippen LogP contribution in [0.1, 0.15) is 85.7 Å². The van der Waals surface area contributed by atoms with E-state index in [2.05, 4.69) is 57.4 Å². The summed E-state index contributed by atoms with van der Waals surface area (Å²) in [5.41, 5.74) is 0. The molecule has 2 aromatic heterocycles. The molecule has 5 rings (SSSR count). The summed E-state index contributed by atoms with van der Waals surface area (Å²) in [4.78, 5) is 8.96. The summed E-state index contributed by atoms with van der Waals surface area (Å²) in [6.45, 7) is 24.3. The standard InChI is InChI=1S/C20H18N6O4S2.C3H8.3C2H6/c1-3-11-12(4-2)29-15(9-27-11)17-21-19(25-23-17)31-32-20-22-18(24-26-20)16-10-28-13-7-5-6-8-14(13)30-16;1-3-2;3*1-2/h3-8,15-16H,1-2,9-10H2,(H,21,23,25)(H,22,24,26);3H2,1-2H3;3*1-2H3. The summed E-state index contributed by atoms with van der Waals surface area (Å²) >= 11 is 0. The average molecular weight is 605 g/mol. The van der Waals surface area contributed by atoms with E-state index >= 15 is 0 Å². The third kappa shape index (κ3) is 10.5. The van der Waals surface area contributed by atoms with Gasteiger partial charge in [-0.25, -0.2) is 9.97 Å². The Hall–Kier alpha value is -3.38. The van der Waals surface area contributed by atoms with Crippen molar-refractivity contribution in [2.75, 3.05) is 13.2 Å². The van der Waals surface area contributed by atoms with Crippen LogP contribution >= 0.6 is 21.6 Å². The zero-order valence-electron chi connectivity index (χ0n) is 25.4. The topological polar surface area (TPSA) is 120 Å². The lowest BCUT2D eigenvalue weighted by molar-refractivity contribution is 0.00217. The summed E-state index contributed by atoms with van der Waals surface area (Å²) in [6.07, 6.45) is 3.63. The van der Waals surface area contributed by atoms with Gasteiger partial charge in [0.05, 0.1) is 0 Å². The molecule has 2 unspecified atom stereocenters. The minimum atomic E-state index is -0.417. The number of nitrogens with one attached hydrogen (secondary N) is 2. The maximum atomic E-state index is 5.95. The SMILES string of the molecule is C=CC1=C(C=C)OC(c2nc(SSc3n[nH]c(C4COc5ccccc5O4)n3)n[nH]2)CO1.CC.CC.CC.CCC. The molecule has 1 aromatic carbocycles. The van der Waals surface area contributed by atoms with E-state index in [4.69, 9.17) is 18.9 Å². The van der Waals surface area contributed by atoms with Crippen LogP contribution in [0.3, 0.4) is 0 Å². The van der Waals surface area contributed by atoms with Gasteiger partial charge in [-0.3, -0.25) is 10.2 Å². The molecule has 0 aliphatic carbocycles. The first-order valence-corrected chi connectivity index (χ1v) is 16.2. The molecule has 0 amide bonds. The Morgan fingerprint density at radius 2 is 1.22 bits per heavy atom. The van der Waals surface area contributed by atoms with Crippen LogP contribution in [-0.2, 0) is 9.47 Å². The average Bonchev–Trinajstić information content (AvgIpc) is 3.73. The quantitative estimate of drug-likeness (QED) is 0.254. The molecule has 0 bridgehead atoms. The molecule has 2 aliphatic heterocycles. The fraction of sp³-hybridized carbons (Fsp3) is 0.448. The number of para-hydroxylation sites is 2. The number of ether oxygens (including phenoxy) is 4. The van der Waals surface area contributed by atoms with Crippen LogP contribution in [0, 0.1) is 0 Å². The predicted octanol–water partition coefficient (Wildman–Crippen LogP) is 8.40. The number of aromatic amines is 2. The molecule has 0 saturated carbocycles. The fourth-order valence-corrected chi connectivity index (χ4v) is 4.51. The van der Waals surface area contributed by atoms with Crippen molar-refractivity contribution in [3.8, 4) is 11.5 Å². The van der Waals surface area contributed by atoms with E-state index in [-0.39, 0.29) is 6.10 Å². The van der Waals surface area contributed by atoms with Crippen molar-refractivity contribution >= 4 is 21.6 Å². The Bertz CT molecular complexity index is 1200. The van der Waals surface area contributed by atoms with Crippen molar-refractivity contribution in [1.82, 2.24) is 30.4 Å². The van der Waals surface area contributed by atoms with Crippen LogP contribution in [0.2, 0.25) is 0 Å². The van der Waals surface area contributed by atoms with Crippen molar-refractivity contribution < 1.29 is 18.9 Å². The Balaban J connectivity index is 0.000000847. The molecule has 226 valence electrons. The highest BCUT2D eigenvalue weighted by molar-refractivity contribution is 8.76. The number of H-pyrrole nitrogens is 2. The normalized spacial score (nSPS) is 16.3. The molecule has 2 atom stereocenters. The van der Waals surface area contributed by atoms with E-state index in [9.17, 15) is 0 Å². The lowest BCUT2D eigenvalue weighted by Crippen LogP contribution is -2.22. The maximum Gasteiger partial charge on any atom is 0.219 e. The summed E-state index contributed by atoms with van der Waals surface area (Å²) in [7, 11) is 2.64. The predicted molar refractivity (Wildman–Crippen MR) is 167 cm³/mol. The van der Waals surface area contributed by atoms with Crippen LogP contribution < -0.4 is 9.47 Å². The van der Waals surface area contributed by atoms with E-state index in [1.807, 2.05) is 65.8 Å². The van der Waals surface area contributed by atoms with Crippen LogP contribution in [-0.4, -0.2) is 43.6 Å². The molecule has 41 heavy (non-hydrogen) atoms. The van der Waals surface area contributed by atoms with Gasteiger partial charge in [-0.05, 0) is 45.9 Å². The summed E-state index contributed by atoms with van der Waals surface area (Å²) < 4.78 is 23.2. The van der Waals surface area contributed by atoms with Gasteiger partial charge >= 0.3 is 0 Å². The molecule has 12 heteroatoms. The number of hydrogen-bond donors (Lipinski definition) is 2. The second kappa shape index (κ2) is 20.5. The third-order valence-corrected chi connectivity index (χ3v) is 6.44. The summed E-state index contributed by atoms with van der Waals surface area (Å²) in [5, 5.41) is 15.3. The highest BCUT2D eigenvalue weighted by atomic mass is 33.1. The molecular weight excluding hydrogens is 560 g/mol. The van der Waals surface area contributed by atoms with E-state index < -0.39 is 6.10 Å². The zero-order valence-corrected chi connectivity index (χ0v) is 27.0. The van der Waals surface area contributed by atoms with Crippen molar-refractivity contribution in [3.63, 3.8) is 0 Å². The Morgan fingerprint density at radius 1 is 0.756 bits per heavy atom. The van der Waals surface area contributed by atoms with Gasteiger partial charge in [0.2, 0.25) is 10.3 Å². The van der Waals surface area contributed by atoms with Crippen LogP contribution in [0.5, 0.6) is 11.5 Å². The molecule has 4 heterocycles. The Kier molecular flexibility index (Phi) is 17.8. The first-order chi connectivity index (χ1) is 20.1. The highest BCUT2D eigenvalue weighted by Gasteiger charge is 2.27. The number of allylic oxidation sites excluding steroid dienone is 2. The van der Waals surface area contributed by atoms with Gasteiger partial charge in [-0.1, -0.05) is 87.1 Å². The van der Waals surface area contributed by atoms with Gasteiger partial charge in [0.15, 0.2) is 46.9 Å². The number of hydrogen-bond acceptors (Lipinski definition) is 10. The first kappa shape index (κ1) is 35.6. The van der Waals surface area contributed by atoms with E-state index in [0.717, 1.165) is 5.75 Å². The van der Waals surface area contributed by atoms with Gasteiger partial charge in [-0.15, -0.1) is 10.2 Å². The first-order valence-electron chi connectivity index (χ1n) is 14.0. The third-order valence-electron chi connectivity index (χ3n) is 4.55. The molecule has 3 aromatic rings. The number of nitrogens with zero attached hydrogens (tertiary/aromatic N) is 4. The zero-order chi connectivity index (χ0) is 30.6. The summed E-state index contributed by atoms with van der Waals surface area (Å²) in [5.74, 6) is 3.61. The second-order valence-corrected chi connectivity index (χ2v) is 9.36. The van der Waals surface area contributed by atoms with Crippen LogP contribution in [0.25, 0.3) is 0 Å². The minimum absolute atomic E-state index is 0.294. The molecule has 2 N–H and O–H groups in total.